The zero-order chi connectivity index (χ0) is 17.8. The molecule has 0 atom stereocenters. The normalized spacial score (nSPS) is 11.1. The second kappa shape index (κ2) is 7.44. The van der Waals surface area contributed by atoms with Crippen molar-refractivity contribution < 1.29 is 4.74 Å². The van der Waals surface area contributed by atoms with E-state index in [2.05, 4.69) is 28.9 Å². The molecule has 0 amide bonds. The van der Waals surface area contributed by atoms with Crippen LogP contribution in [0, 0.1) is 0 Å². The zero-order valence-electron chi connectivity index (χ0n) is 14.8. The molecule has 3 aromatic rings. The fourth-order valence-electron chi connectivity index (χ4n) is 2.49. The third-order valence-electron chi connectivity index (χ3n) is 3.93. The minimum absolute atomic E-state index is 0.345. The summed E-state index contributed by atoms with van der Waals surface area (Å²) in [7, 11) is 1.88. The Bertz CT molecular complexity index is 839. The highest BCUT2D eigenvalue weighted by molar-refractivity contribution is 5.64. The quantitative estimate of drug-likeness (QED) is 0.746. The predicted octanol–water partition coefficient (Wildman–Crippen LogP) is 3.29. The molecule has 3 rings (SSSR count). The highest BCUT2D eigenvalue weighted by atomic mass is 16.5. The van der Waals surface area contributed by atoms with Crippen LogP contribution < -0.4 is 10.5 Å². The maximum Gasteiger partial charge on any atom is 0.217 e. The molecular weight excluding hydrogens is 314 g/mol. The van der Waals surface area contributed by atoms with E-state index < -0.39 is 0 Å². The number of benzene rings is 1. The van der Waals surface area contributed by atoms with Crippen molar-refractivity contribution >= 4 is 0 Å². The predicted molar refractivity (Wildman–Crippen MR) is 97.6 cm³/mol. The molecule has 0 saturated heterocycles. The Morgan fingerprint density at radius 1 is 1.16 bits per heavy atom. The van der Waals surface area contributed by atoms with Crippen LogP contribution in [0.5, 0.6) is 11.6 Å². The Kier molecular flexibility index (Phi) is 5.09. The summed E-state index contributed by atoms with van der Waals surface area (Å²) in [6, 6.07) is 9.71. The van der Waals surface area contributed by atoms with Crippen molar-refractivity contribution in [1.82, 2.24) is 19.7 Å². The fraction of sp³-hybridized carbons (Fsp3) is 0.316. The van der Waals surface area contributed by atoms with Gasteiger partial charge < -0.3 is 10.5 Å². The zero-order valence-corrected chi connectivity index (χ0v) is 14.8. The lowest BCUT2D eigenvalue weighted by atomic mass is 10.1. The first-order chi connectivity index (χ1) is 12.1. The maximum absolute atomic E-state index is 6.10. The number of para-hydroxylation sites is 1. The summed E-state index contributed by atoms with van der Waals surface area (Å²) in [6.45, 7) is 4.80. The van der Waals surface area contributed by atoms with E-state index in [9.17, 15) is 0 Å². The van der Waals surface area contributed by atoms with Crippen molar-refractivity contribution in [1.29, 1.82) is 0 Å². The lowest BCUT2D eigenvalue weighted by Gasteiger charge is -2.10. The van der Waals surface area contributed by atoms with Gasteiger partial charge in [0.25, 0.3) is 0 Å². The Hall–Kier alpha value is -2.73. The van der Waals surface area contributed by atoms with Crippen LogP contribution in [0.4, 0.5) is 0 Å². The second-order valence-electron chi connectivity index (χ2n) is 6.24. The van der Waals surface area contributed by atoms with Gasteiger partial charge in [0, 0.05) is 25.5 Å². The maximum atomic E-state index is 6.10. The van der Waals surface area contributed by atoms with E-state index in [1.165, 1.54) is 0 Å². The van der Waals surface area contributed by atoms with Gasteiger partial charge in [0.05, 0.1) is 11.3 Å². The molecule has 2 aromatic heterocycles. The minimum Gasteiger partial charge on any atom is -0.439 e. The molecule has 2 heterocycles. The monoisotopic (exact) mass is 337 g/mol. The van der Waals surface area contributed by atoms with Gasteiger partial charge in [0.1, 0.15) is 5.75 Å². The molecule has 0 radical (unpaired) electrons. The van der Waals surface area contributed by atoms with Crippen LogP contribution in [-0.2, 0) is 13.5 Å². The molecule has 0 fully saturated rings. The topological polar surface area (TPSA) is 78.9 Å². The molecule has 1 aromatic carbocycles. The smallest absolute Gasteiger partial charge is 0.217 e. The molecule has 6 nitrogen and oxygen atoms in total. The van der Waals surface area contributed by atoms with Gasteiger partial charge in [-0.05, 0) is 36.6 Å². The molecule has 0 unspecified atom stereocenters. The van der Waals surface area contributed by atoms with Gasteiger partial charge in [-0.25, -0.2) is 14.6 Å². The van der Waals surface area contributed by atoms with E-state index in [0.29, 0.717) is 29.9 Å². The van der Waals surface area contributed by atoms with Crippen LogP contribution in [0.2, 0.25) is 0 Å². The molecule has 0 aliphatic carbocycles. The van der Waals surface area contributed by atoms with E-state index >= 15 is 0 Å². The van der Waals surface area contributed by atoms with E-state index in [4.69, 9.17) is 10.5 Å². The molecule has 0 aliphatic rings. The van der Waals surface area contributed by atoms with E-state index in [1.807, 2.05) is 49.8 Å². The number of ether oxygens (including phenoxy) is 1. The lowest BCUT2D eigenvalue weighted by molar-refractivity contribution is 0.431. The van der Waals surface area contributed by atoms with E-state index in [1.54, 1.807) is 4.68 Å². The first-order valence-electron chi connectivity index (χ1n) is 8.40. The number of hydrogen-bond donors (Lipinski definition) is 1. The second-order valence-corrected chi connectivity index (χ2v) is 6.24. The largest absolute Gasteiger partial charge is 0.439 e. The van der Waals surface area contributed by atoms with Crippen molar-refractivity contribution in [2.24, 2.45) is 12.8 Å². The molecule has 25 heavy (non-hydrogen) atoms. The van der Waals surface area contributed by atoms with Crippen molar-refractivity contribution in [3.05, 3.63) is 54.0 Å². The lowest BCUT2D eigenvalue weighted by Crippen LogP contribution is -2.04. The van der Waals surface area contributed by atoms with E-state index in [0.717, 1.165) is 23.2 Å². The van der Waals surface area contributed by atoms with E-state index in [-0.39, 0.29) is 0 Å². The number of aryl methyl sites for hydroxylation is 1. The molecule has 0 saturated carbocycles. The number of nitrogens with two attached hydrogens (primary N) is 1. The average Bonchev–Trinajstić information content (AvgIpc) is 2.98. The molecule has 2 N–H and O–H groups in total. The molecule has 130 valence electrons. The first kappa shape index (κ1) is 17.1. The van der Waals surface area contributed by atoms with Crippen LogP contribution in [0.15, 0.2) is 42.7 Å². The summed E-state index contributed by atoms with van der Waals surface area (Å²) in [6.07, 6.45) is 4.39. The Labute approximate surface area is 147 Å². The van der Waals surface area contributed by atoms with Crippen LogP contribution in [0.25, 0.3) is 11.4 Å². The van der Waals surface area contributed by atoms with Crippen molar-refractivity contribution in [2.45, 2.75) is 26.2 Å². The minimum atomic E-state index is 0.345. The van der Waals surface area contributed by atoms with Gasteiger partial charge in [-0.3, -0.25) is 0 Å². The first-order valence-corrected chi connectivity index (χ1v) is 8.40. The molecule has 0 spiro atoms. The van der Waals surface area contributed by atoms with Gasteiger partial charge >= 0.3 is 0 Å². The van der Waals surface area contributed by atoms with Crippen molar-refractivity contribution in [2.75, 3.05) is 6.54 Å². The van der Waals surface area contributed by atoms with Gasteiger partial charge in [0.2, 0.25) is 5.88 Å². The van der Waals surface area contributed by atoms with Gasteiger partial charge in [0.15, 0.2) is 5.82 Å². The van der Waals surface area contributed by atoms with Gasteiger partial charge in [-0.1, -0.05) is 26.0 Å². The van der Waals surface area contributed by atoms with Crippen LogP contribution >= 0.6 is 0 Å². The molecule has 6 heteroatoms. The number of rotatable bonds is 6. The number of aromatic nitrogens is 4. The van der Waals surface area contributed by atoms with Gasteiger partial charge in [-0.2, -0.15) is 5.10 Å². The highest BCUT2D eigenvalue weighted by Crippen LogP contribution is 2.32. The van der Waals surface area contributed by atoms with Crippen LogP contribution in [-0.4, -0.2) is 26.3 Å². The van der Waals surface area contributed by atoms with Crippen LogP contribution in [0.3, 0.4) is 0 Å². The summed E-state index contributed by atoms with van der Waals surface area (Å²) in [4.78, 5) is 8.91. The van der Waals surface area contributed by atoms with Crippen molar-refractivity contribution in [3.63, 3.8) is 0 Å². The molecule has 0 bridgehead atoms. The third kappa shape index (κ3) is 3.85. The molecular formula is C19H23N5O. The summed E-state index contributed by atoms with van der Waals surface area (Å²) >= 11 is 0. The summed E-state index contributed by atoms with van der Waals surface area (Å²) in [5, 5.41) is 4.49. The van der Waals surface area contributed by atoms with Gasteiger partial charge in [-0.15, -0.1) is 0 Å². The number of nitrogens with zero attached hydrogens (tertiary/aromatic N) is 4. The average molecular weight is 337 g/mol. The number of hydrogen-bond acceptors (Lipinski definition) is 5. The Balaban J connectivity index is 1.91. The van der Waals surface area contributed by atoms with Crippen molar-refractivity contribution in [3.8, 4) is 23.0 Å². The molecule has 0 aliphatic heterocycles. The van der Waals surface area contributed by atoms with Crippen LogP contribution in [0.1, 0.15) is 31.0 Å². The third-order valence-corrected chi connectivity index (χ3v) is 3.93. The highest BCUT2D eigenvalue weighted by Gasteiger charge is 2.14. The fourth-order valence-corrected chi connectivity index (χ4v) is 2.49. The SMILES string of the molecule is CC(C)c1cc(Oc2ccccc2-c2ncc(CCN)cn2)n(C)n1. The summed E-state index contributed by atoms with van der Waals surface area (Å²) in [5.41, 5.74) is 8.44. The summed E-state index contributed by atoms with van der Waals surface area (Å²) in [5.74, 6) is 2.36. The Morgan fingerprint density at radius 2 is 1.88 bits per heavy atom. The summed E-state index contributed by atoms with van der Waals surface area (Å²) < 4.78 is 7.85. The standard InChI is InChI=1S/C19H23N5O/c1-13(2)16-10-18(24(3)23-16)25-17-7-5-4-6-15(17)19-21-11-14(8-9-20)12-22-19/h4-7,10-13H,8-9,20H2,1-3H3. The Morgan fingerprint density at radius 3 is 2.52 bits per heavy atom.